The third-order valence-corrected chi connectivity index (χ3v) is 6.57. The van der Waals surface area contributed by atoms with Gasteiger partial charge in [0.15, 0.2) is 0 Å². The minimum absolute atomic E-state index is 0.575. The van der Waals surface area contributed by atoms with Gasteiger partial charge in [0.25, 0.3) is 0 Å². The van der Waals surface area contributed by atoms with Gasteiger partial charge in [-0.2, -0.15) is 0 Å². The maximum absolute atomic E-state index is 6.66. The van der Waals surface area contributed by atoms with Gasteiger partial charge in [0.2, 0.25) is 6.85 Å². The molecule has 0 aromatic carbocycles. The quantitative estimate of drug-likeness (QED) is 0.705. The molecule has 0 saturated heterocycles. The van der Waals surface area contributed by atoms with Crippen LogP contribution in [0, 0.1) is 23.7 Å². The molecule has 4 aliphatic carbocycles. The molecule has 16 heavy (non-hydrogen) atoms. The molecular weight excluding hydrogens is 193 g/mol. The van der Waals surface area contributed by atoms with Crippen LogP contribution in [0.5, 0.6) is 0 Å². The number of hydrogen-bond donors (Lipinski definition) is 1. The van der Waals surface area contributed by atoms with Gasteiger partial charge in [-0.25, -0.2) is 0 Å². The molecule has 4 saturated carbocycles. The molecule has 2 heteroatoms. The first-order valence-corrected chi connectivity index (χ1v) is 7.57. The Morgan fingerprint density at radius 2 is 1.19 bits per heavy atom. The van der Waals surface area contributed by atoms with Gasteiger partial charge in [-0.05, 0) is 48.1 Å². The second-order valence-electron chi connectivity index (χ2n) is 7.25. The molecule has 6 unspecified atom stereocenters. The van der Waals surface area contributed by atoms with Gasteiger partial charge < -0.3 is 5.64 Å². The van der Waals surface area contributed by atoms with Crippen molar-refractivity contribution in [2.24, 2.45) is 29.3 Å². The van der Waals surface area contributed by atoms with Crippen molar-refractivity contribution in [3.8, 4) is 0 Å². The molecule has 6 atom stereocenters. The van der Waals surface area contributed by atoms with E-state index < -0.39 is 0 Å². The highest BCUT2D eigenvalue weighted by atomic mass is 14.6. The van der Waals surface area contributed by atoms with Crippen molar-refractivity contribution in [3.05, 3.63) is 0 Å². The Morgan fingerprint density at radius 1 is 0.688 bits per heavy atom. The highest BCUT2D eigenvalue weighted by molar-refractivity contribution is 6.59. The van der Waals surface area contributed by atoms with Crippen LogP contribution in [0.25, 0.3) is 0 Å². The second-order valence-corrected chi connectivity index (χ2v) is 7.25. The summed E-state index contributed by atoms with van der Waals surface area (Å²) in [5.74, 6) is 6.03. The molecule has 0 amide bonds. The maximum Gasteiger partial charge on any atom is 0.224 e. The number of fused-ring (bicyclic) bond motifs is 4. The third kappa shape index (κ3) is 1.35. The lowest BCUT2D eigenvalue weighted by molar-refractivity contribution is 0.437. The molecule has 2 N–H and O–H groups in total. The average Bonchev–Trinajstić information content (AvgIpc) is 3.06. The fourth-order valence-electron chi connectivity index (χ4n) is 5.85. The molecule has 4 fully saturated rings. The molecule has 1 nitrogen and oxygen atoms in total. The van der Waals surface area contributed by atoms with E-state index in [1.165, 1.54) is 51.4 Å². The maximum atomic E-state index is 6.66. The Labute approximate surface area is 99.6 Å². The van der Waals surface area contributed by atoms with Crippen LogP contribution < -0.4 is 5.64 Å². The van der Waals surface area contributed by atoms with Crippen LogP contribution in [-0.4, -0.2) is 6.85 Å². The molecule has 0 heterocycles. The van der Waals surface area contributed by atoms with E-state index in [-0.39, 0.29) is 0 Å². The summed E-state index contributed by atoms with van der Waals surface area (Å²) in [6, 6.07) is 0. The lowest BCUT2D eigenvalue weighted by Crippen LogP contribution is -2.41. The summed E-state index contributed by atoms with van der Waals surface area (Å²) in [7, 11) is 0. The summed E-state index contributed by atoms with van der Waals surface area (Å²) < 4.78 is 0. The molecule has 0 spiro atoms. The van der Waals surface area contributed by atoms with E-state index in [0.29, 0.717) is 6.85 Å². The molecular formula is C14H24BN. The molecule has 0 aromatic rings. The highest BCUT2D eigenvalue weighted by Gasteiger charge is 2.50. The van der Waals surface area contributed by atoms with Crippen LogP contribution in [0.3, 0.4) is 0 Å². The summed E-state index contributed by atoms with van der Waals surface area (Å²) in [5.41, 5.74) is 6.66. The smallest absolute Gasteiger partial charge is 0.224 e. The lowest BCUT2D eigenvalue weighted by Gasteiger charge is -2.33. The van der Waals surface area contributed by atoms with Crippen LogP contribution >= 0.6 is 0 Å². The first-order valence-electron chi connectivity index (χ1n) is 7.57. The Bertz CT molecular complexity index is 264. The lowest BCUT2D eigenvalue weighted by atomic mass is 9.38. The highest BCUT2D eigenvalue weighted by Crippen LogP contribution is 2.58. The minimum Gasteiger partial charge on any atom is -0.369 e. The minimum atomic E-state index is 0.575. The van der Waals surface area contributed by atoms with Gasteiger partial charge >= 0.3 is 0 Å². The molecule has 0 aromatic heterocycles. The van der Waals surface area contributed by atoms with Crippen LogP contribution in [0.1, 0.15) is 51.4 Å². The van der Waals surface area contributed by atoms with E-state index in [1.54, 1.807) is 0 Å². The van der Waals surface area contributed by atoms with Crippen molar-refractivity contribution in [2.75, 3.05) is 0 Å². The summed E-state index contributed by atoms with van der Waals surface area (Å²) >= 11 is 0. The first-order chi connectivity index (χ1) is 7.81. The molecule has 4 bridgehead atoms. The standard InChI is InChI=1S/C14H24BN/c16-15(13-7-9-1-3-11(13)5-9)14-8-10-2-4-12(14)6-10/h9-14H,1-8,16H2. The van der Waals surface area contributed by atoms with E-state index in [4.69, 9.17) is 5.64 Å². The Hall–Kier alpha value is 0.0249. The summed E-state index contributed by atoms with van der Waals surface area (Å²) in [4.78, 5) is 0. The topological polar surface area (TPSA) is 26.0 Å². The fourth-order valence-corrected chi connectivity index (χ4v) is 5.85. The monoisotopic (exact) mass is 217 g/mol. The number of rotatable bonds is 2. The summed E-state index contributed by atoms with van der Waals surface area (Å²) in [6.45, 7) is 0.575. The van der Waals surface area contributed by atoms with Crippen molar-refractivity contribution in [1.29, 1.82) is 0 Å². The average molecular weight is 217 g/mol. The molecule has 0 radical (unpaired) electrons. The van der Waals surface area contributed by atoms with E-state index in [0.717, 1.165) is 35.3 Å². The van der Waals surface area contributed by atoms with Gasteiger partial charge in [0, 0.05) is 0 Å². The van der Waals surface area contributed by atoms with Crippen molar-refractivity contribution in [3.63, 3.8) is 0 Å². The zero-order valence-electron chi connectivity index (χ0n) is 10.3. The molecule has 0 aliphatic heterocycles. The molecule has 88 valence electrons. The Balaban J connectivity index is 1.48. The van der Waals surface area contributed by atoms with Crippen molar-refractivity contribution in [1.82, 2.24) is 0 Å². The Morgan fingerprint density at radius 3 is 1.50 bits per heavy atom. The fraction of sp³-hybridized carbons (Fsp3) is 1.00. The third-order valence-electron chi connectivity index (χ3n) is 6.57. The van der Waals surface area contributed by atoms with Crippen molar-refractivity contribution >= 4 is 6.85 Å². The van der Waals surface area contributed by atoms with Crippen LogP contribution in [-0.2, 0) is 0 Å². The van der Waals surface area contributed by atoms with Gasteiger partial charge in [-0.1, -0.05) is 38.5 Å². The first kappa shape index (κ1) is 9.99. The number of nitrogens with two attached hydrogens (primary N) is 1. The van der Waals surface area contributed by atoms with Gasteiger partial charge in [-0.15, -0.1) is 0 Å². The normalized spacial score (nSPS) is 53.8. The SMILES string of the molecule is NB(C1CC2CCC1C2)C1CC2CCC1C2. The van der Waals surface area contributed by atoms with Crippen LogP contribution in [0.2, 0.25) is 11.6 Å². The second kappa shape index (κ2) is 3.51. The van der Waals surface area contributed by atoms with E-state index in [9.17, 15) is 0 Å². The van der Waals surface area contributed by atoms with Gasteiger partial charge in [-0.3, -0.25) is 0 Å². The summed E-state index contributed by atoms with van der Waals surface area (Å²) in [5, 5.41) is 0. The summed E-state index contributed by atoms with van der Waals surface area (Å²) in [6.07, 6.45) is 12.1. The zero-order valence-corrected chi connectivity index (χ0v) is 10.3. The van der Waals surface area contributed by atoms with E-state index >= 15 is 0 Å². The molecule has 4 rings (SSSR count). The van der Waals surface area contributed by atoms with Crippen molar-refractivity contribution in [2.45, 2.75) is 63.0 Å². The number of hydrogen-bond acceptors (Lipinski definition) is 1. The van der Waals surface area contributed by atoms with Crippen LogP contribution in [0.4, 0.5) is 0 Å². The zero-order chi connectivity index (χ0) is 10.7. The predicted molar refractivity (Wildman–Crippen MR) is 68.3 cm³/mol. The van der Waals surface area contributed by atoms with E-state index in [1.807, 2.05) is 0 Å². The van der Waals surface area contributed by atoms with Gasteiger partial charge in [0.1, 0.15) is 0 Å². The molecule has 4 aliphatic rings. The van der Waals surface area contributed by atoms with E-state index in [2.05, 4.69) is 0 Å². The van der Waals surface area contributed by atoms with Crippen molar-refractivity contribution < 1.29 is 0 Å². The van der Waals surface area contributed by atoms with Gasteiger partial charge in [0.05, 0.1) is 0 Å². The largest absolute Gasteiger partial charge is 0.369 e. The van der Waals surface area contributed by atoms with Crippen LogP contribution in [0.15, 0.2) is 0 Å². The Kier molecular flexibility index (Phi) is 2.19. The predicted octanol–water partition coefficient (Wildman–Crippen LogP) is 3.32.